The van der Waals surface area contributed by atoms with Crippen molar-refractivity contribution in [2.75, 3.05) is 11.1 Å². The zero-order valence-electron chi connectivity index (χ0n) is 29.5. The number of hydrogen-bond donors (Lipinski definition) is 3. The minimum atomic E-state index is -3.13. The van der Waals surface area contributed by atoms with Crippen LogP contribution in [0.2, 0.25) is 18.1 Å². The van der Waals surface area contributed by atoms with Crippen molar-refractivity contribution >= 4 is 47.0 Å². The van der Waals surface area contributed by atoms with Gasteiger partial charge in [0.15, 0.2) is 14.1 Å². The highest BCUT2D eigenvalue weighted by atomic mass is 79.9. The Morgan fingerprint density at radius 3 is 2.22 bits per heavy atom. The normalized spacial score (nSPS) is 14.7. The molecule has 0 aliphatic rings. The fourth-order valence-corrected chi connectivity index (χ4v) is 7.77. The molecule has 0 aliphatic carbocycles. The molecule has 0 fully saturated rings. The van der Waals surface area contributed by atoms with Crippen LogP contribution in [-0.4, -0.2) is 40.2 Å². The fraction of sp³-hybridized carbons (Fsp3) is 0.500. The summed E-state index contributed by atoms with van der Waals surface area (Å²) in [5, 5.41) is 13.2. The number of ether oxygens (including phenoxy) is 1. The summed E-state index contributed by atoms with van der Waals surface area (Å²) in [5.41, 5.74) is 6.51. The fourth-order valence-electron chi connectivity index (χ4n) is 4.71. The molecule has 3 atom stereocenters. The molecule has 268 valence electrons. The van der Waals surface area contributed by atoms with E-state index >= 15 is 4.39 Å². The third-order valence-electron chi connectivity index (χ3n) is 8.30. The molecule has 49 heavy (non-hydrogen) atoms. The van der Waals surface area contributed by atoms with Crippen molar-refractivity contribution in [3.63, 3.8) is 0 Å². The Morgan fingerprint density at radius 2 is 1.69 bits per heavy atom. The summed E-state index contributed by atoms with van der Waals surface area (Å²) >= 11 is 1.81. The molecule has 1 heterocycles. The SMILES string of the molecule is CC(C)(O[Si](C)(C)C(C)(C)C)c1ncc(-c2cc(NC(CC(C#N)N[S@+]([O-])C(C)(C)C)c3c(Br)cccc3OC(F)F)c(N)cc2F)cn1. The quantitative estimate of drug-likeness (QED) is 0.0880. The third-order valence-corrected chi connectivity index (χ3v) is 15.2. The average molecular weight is 784 g/mol. The number of aromatic nitrogens is 2. The van der Waals surface area contributed by atoms with Crippen LogP contribution in [-0.2, 0) is 21.4 Å². The molecule has 9 nitrogen and oxygen atoms in total. The van der Waals surface area contributed by atoms with Gasteiger partial charge < -0.3 is 24.8 Å². The number of nitrogens with zero attached hydrogens (tertiary/aromatic N) is 3. The van der Waals surface area contributed by atoms with E-state index in [1.54, 1.807) is 26.8 Å². The Hall–Kier alpha value is -2.87. The summed E-state index contributed by atoms with van der Waals surface area (Å²) in [7, 11) is -2.18. The molecule has 3 aromatic rings. The van der Waals surface area contributed by atoms with E-state index in [0.717, 1.165) is 6.07 Å². The first-order valence-electron chi connectivity index (χ1n) is 15.7. The van der Waals surface area contributed by atoms with E-state index in [0.29, 0.717) is 15.9 Å². The largest absolute Gasteiger partial charge is 0.598 e. The maximum atomic E-state index is 15.5. The van der Waals surface area contributed by atoms with Crippen LogP contribution in [0.15, 0.2) is 47.2 Å². The highest BCUT2D eigenvalue weighted by Crippen LogP contribution is 2.42. The van der Waals surface area contributed by atoms with Crippen LogP contribution < -0.4 is 20.5 Å². The van der Waals surface area contributed by atoms with E-state index in [1.807, 2.05) is 13.8 Å². The zero-order chi connectivity index (χ0) is 37.1. The average Bonchev–Trinajstić information content (AvgIpc) is 2.96. The van der Waals surface area contributed by atoms with E-state index in [2.05, 4.69) is 75.9 Å². The first kappa shape index (κ1) is 40.6. The van der Waals surface area contributed by atoms with Gasteiger partial charge in [-0.2, -0.15) is 14.0 Å². The van der Waals surface area contributed by atoms with Crippen molar-refractivity contribution in [2.45, 2.75) is 109 Å². The topological polar surface area (TPSA) is 141 Å². The van der Waals surface area contributed by atoms with Crippen LogP contribution in [0.4, 0.5) is 24.5 Å². The van der Waals surface area contributed by atoms with Gasteiger partial charge in [-0.3, -0.25) is 0 Å². The number of nitrogens with two attached hydrogens (primary N) is 1. The summed E-state index contributed by atoms with van der Waals surface area (Å²) in [5.74, 6) is -0.339. The first-order valence-corrected chi connectivity index (χ1v) is 20.5. The first-order chi connectivity index (χ1) is 22.5. The van der Waals surface area contributed by atoms with Crippen LogP contribution in [0.3, 0.4) is 0 Å². The predicted octanol–water partition coefficient (Wildman–Crippen LogP) is 8.97. The molecule has 0 aliphatic heterocycles. The molecule has 15 heteroatoms. The van der Waals surface area contributed by atoms with Crippen LogP contribution >= 0.6 is 15.9 Å². The molecule has 0 radical (unpaired) electrons. The Kier molecular flexibility index (Phi) is 12.9. The maximum Gasteiger partial charge on any atom is 0.387 e. The molecule has 2 unspecified atom stereocenters. The van der Waals surface area contributed by atoms with Crippen LogP contribution in [0.25, 0.3) is 11.1 Å². The van der Waals surface area contributed by atoms with Gasteiger partial charge >= 0.3 is 6.61 Å². The Bertz CT molecular complexity index is 1650. The van der Waals surface area contributed by atoms with Gasteiger partial charge in [0.2, 0.25) is 0 Å². The van der Waals surface area contributed by atoms with E-state index in [9.17, 15) is 18.6 Å². The summed E-state index contributed by atoms with van der Waals surface area (Å²) in [6.45, 7) is 16.7. The summed E-state index contributed by atoms with van der Waals surface area (Å²) in [6.07, 6.45) is 2.96. The molecule has 0 amide bonds. The molecular formula is C34H46BrF3N6O3SSi. The highest BCUT2D eigenvalue weighted by molar-refractivity contribution is 9.10. The van der Waals surface area contributed by atoms with Gasteiger partial charge in [-0.25, -0.2) is 14.4 Å². The van der Waals surface area contributed by atoms with Crippen molar-refractivity contribution in [1.29, 1.82) is 5.26 Å². The number of nitriles is 1. The van der Waals surface area contributed by atoms with Gasteiger partial charge in [0.25, 0.3) is 0 Å². The smallest absolute Gasteiger partial charge is 0.387 e. The number of anilines is 2. The molecule has 2 aromatic carbocycles. The van der Waals surface area contributed by atoms with Crippen molar-refractivity contribution in [1.82, 2.24) is 14.7 Å². The van der Waals surface area contributed by atoms with Crippen molar-refractivity contribution < 1.29 is 26.9 Å². The van der Waals surface area contributed by atoms with Crippen molar-refractivity contribution in [3.8, 4) is 22.9 Å². The number of hydrogen-bond acceptors (Lipinski definition) is 9. The number of rotatable bonds is 13. The van der Waals surface area contributed by atoms with Crippen molar-refractivity contribution in [2.24, 2.45) is 0 Å². The molecule has 4 N–H and O–H groups in total. The minimum absolute atomic E-state index is 0.0239. The molecule has 0 saturated carbocycles. The number of nitrogens with one attached hydrogen (secondary N) is 2. The summed E-state index contributed by atoms with van der Waals surface area (Å²) < 4.78 is 69.4. The van der Waals surface area contributed by atoms with Crippen molar-refractivity contribution in [3.05, 3.63) is 64.4 Å². The second-order valence-electron chi connectivity index (χ2n) is 14.7. The van der Waals surface area contributed by atoms with Gasteiger partial charge in [-0.1, -0.05) is 42.8 Å². The van der Waals surface area contributed by atoms with E-state index in [4.69, 9.17) is 14.9 Å². The summed E-state index contributed by atoms with van der Waals surface area (Å²) in [6, 6.07) is 7.35. The van der Waals surface area contributed by atoms with Crippen LogP contribution in [0.5, 0.6) is 5.75 Å². The Labute approximate surface area is 300 Å². The van der Waals surface area contributed by atoms with Gasteiger partial charge in [0.1, 0.15) is 28.0 Å². The molecule has 0 bridgehead atoms. The lowest BCUT2D eigenvalue weighted by atomic mass is 9.97. The van der Waals surface area contributed by atoms with Crippen LogP contribution in [0.1, 0.15) is 79.2 Å². The van der Waals surface area contributed by atoms with E-state index in [1.165, 1.54) is 30.6 Å². The maximum absolute atomic E-state index is 15.5. The number of benzene rings is 2. The monoisotopic (exact) mass is 782 g/mol. The molecule has 1 aromatic heterocycles. The lowest BCUT2D eigenvalue weighted by Crippen LogP contribution is -2.46. The van der Waals surface area contributed by atoms with Gasteiger partial charge in [0.05, 0.1) is 23.5 Å². The lowest BCUT2D eigenvalue weighted by Gasteiger charge is -2.42. The molecule has 3 rings (SSSR count). The highest BCUT2D eigenvalue weighted by Gasteiger charge is 2.43. The second-order valence-corrected chi connectivity index (χ2v) is 22.3. The number of alkyl halides is 2. The molecule has 0 saturated heterocycles. The Morgan fingerprint density at radius 1 is 1.08 bits per heavy atom. The van der Waals surface area contributed by atoms with Gasteiger partial charge in [-0.05, 0) is 77.0 Å². The van der Waals surface area contributed by atoms with Crippen LogP contribution in [0, 0.1) is 17.1 Å². The second kappa shape index (κ2) is 15.6. The summed E-state index contributed by atoms with van der Waals surface area (Å²) in [4.78, 5) is 9.09. The van der Waals surface area contributed by atoms with E-state index < -0.39 is 54.5 Å². The van der Waals surface area contributed by atoms with Gasteiger partial charge in [-0.15, -0.1) is 4.72 Å². The van der Waals surface area contributed by atoms with Gasteiger partial charge in [0, 0.05) is 51.3 Å². The minimum Gasteiger partial charge on any atom is -0.598 e. The molecule has 0 spiro atoms. The number of nitrogen functional groups attached to an aromatic ring is 1. The van der Waals surface area contributed by atoms with E-state index in [-0.39, 0.29) is 39.7 Å². The number of halogens is 4. The Balaban J connectivity index is 2.06. The standard InChI is InChI=1S/C34H46BrF3N6O3SSi/c1-32(2,3)48(45)44-21(17-39)14-27(29-23(35)12-11-13-28(29)46-31(37)38)43-26-15-22(24(36)16-25(26)40)20-18-41-30(42-19-20)34(7,8)47-49(9,10)33(4,5)6/h11-13,15-16,18-19,21,27,31,43-44H,14,40H2,1-10H3/t21?,27?,48-/m1/s1. The predicted molar refractivity (Wildman–Crippen MR) is 195 cm³/mol. The zero-order valence-corrected chi connectivity index (χ0v) is 32.9. The molecular weight excluding hydrogens is 737 g/mol. The third kappa shape index (κ3) is 10.3. The lowest BCUT2D eigenvalue weighted by molar-refractivity contribution is -0.0506.